The predicted molar refractivity (Wildman–Crippen MR) is 220 cm³/mol. The SMILES string of the molecule is C.Cc1cc(N)nc(C)c1CNC(=O)c1nn(Cc2ccc3ncc(Cl)cc3c2)c2cncc(C#N)c12.Fc1cncc(Br)c1.O=Cc1c(F)cncc1Br.[2H]CF. The van der Waals surface area contributed by atoms with Crippen molar-refractivity contribution >= 4 is 83.3 Å². The van der Waals surface area contributed by atoms with Gasteiger partial charge in [0.05, 0.1) is 66.2 Å². The first kappa shape index (κ1) is 43.9. The summed E-state index contributed by atoms with van der Waals surface area (Å²) in [6, 6.07) is 12.9. The number of nitrogens with one attached hydrogen (secondary N) is 1. The van der Waals surface area contributed by atoms with E-state index >= 15 is 0 Å². The standard InChI is InChI=1S/C26H21ClN8O.C6H3BrFNO.C5H3BrFN.CH3F.CH4/c1-14-5-23(29)33-15(2)20(14)11-32-26(36)25-24-18(8-28)9-30-12-22(24)35(34-25)13-16-3-4-21-17(6-16)7-19(27)10-31-21;7-5-1-9-2-6(8)4(5)3-10;6-4-1-5(7)3-8-2-4;1-2;/h3-7,9-10,12H,11,13H2,1-2H3,(H2,29,33)(H,32,36);1-3H;1-3H;1H3;1H4/i;;;1D;. The number of nitrogens with two attached hydrogens (primary N) is 1. The van der Waals surface area contributed by atoms with E-state index in [9.17, 15) is 28.0 Å². The van der Waals surface area contributed by atoms with Crippen LogP contribution in [0.1, 0.15) is 57.6 Å². The Bertz CT molecular complexity index is 2530. The molecule has 0 aliphatic carbocycles. The predicted octanol–water partition coefficient (Wildman–Crippen LogP) is 9.08. The second-order valence-corrected chi connectivity index (χ2v) is 13.7. The van der Waals surface area contributed by atoms with Crippen molar-refractivity contribution < 1.29 is 24.1 Å². The third-order valence-corrected chi connectivity index (χ3v) is 8.99. The van der Waals surface area contributed by atoms with Gasteiger partial charge in [0.2, 0.25) is 0 Å². The minimum Gasteiger partial charge on any atom is -0.384 e. The van der Waals surface area contributed by atoms with Crippen LogP contribution in [0.15, 0.2) is 88.7 Å². The smallest absolute Gasteiger partial charge is 0.272 e. The van der Waals surface area contributed by atoms with Crippen molar-refractivity contribution in [3.63, 3.8) is 0 Å². The fourth-order valence-electron chi connectivity index (χ4n) is 5.24. The zero-order valence-corrected chi connectivity index (χ0v) is 33.4. The van der Waals surface area contributed by atoms with Gasteiger partial charge < -0.3 is 11.1 Å². The second kappa shape index (κ2) is 21.5. The molecule has 0 aliphatic heterocycles. The quantitative estimate of drug-likeness (QED) is 0.153. The van der Waals surface area contributed by atoms with Crippen LogP contribution in [-0.4, -0.2) is 54.0 Å². The van der Waals surface area contributed by atoms with E-state index in [0.717, 1.165) is 45.7 Å². The van der Waals surface area contributed by atoms with Gasteiger partial charge in [0.1, 0.15) is 17.7 Å². The zero-order chi connectivity index (χ0) is 41.6. The van der Waals surface area contributed by atoms with E-state index in [1.54, 1.807) is 23.1 Å². The lowest BCUT2D eigenvalue weighted by atomic mass is 10.1. The monoisotopic (exact) mass is 925 g/mol. The number of hydrogen-bond donors (Lipinski definition) is 2. The fraction of sp³-hybridized carbons (Fsp3) is 0.154. The van der Waals surface area contributed by atoms with Crippen molar-refractivity contribution in [2.24, 2.45) is 0 Å². The number of pyridine rings is 5. The van der Waals surface area contributed by atoms with Crippen LogP contribution in [0.5, 0.6) is 0 Å². The number of anilines is 1. The van der Waals surface area contributed by atoms with E-state index < -0.39 is 18.9 Å². The summed E-state index contributed by atoms with van der Waals surface area (Å²) in [5, 5.41) is 19.1. The number of aromatic nitrogens is 7. The topological polar surface area (TPSA) is 178 Å². The third kappa shape index (κ3) is 11.8. The van der Waals surface area contributed by atoms with Gasteiger partial charge in [-0.05, 0) is 92.7 Å². The van der Waals surface area contributed by atoms with Gasteiger partial charge >= 0.3 is 0 Å². The van der Waals surface area contributed by atoms with Crippen LogP contribution in [0.4, 0.5) is 19.0 Å². The summed E-state index contributed by atoms with van der Waals surface area (Å²) in [5.74, 6) is -0.891. The number of rotatable bonds is 6. The molecule has 7 rings (SSSR count). The molecule has 6 heterocycles. The van der Waals surface area contributed by atoms with E-state index in [1.165, 1.54) is 24.7 Å². The Balaban J connectivity index is 0.000000333. The van der Waals surface area contributed by atoms with Gasteiger partial charge in [-0.3, -0.25) is 38.6 Å². The van der Waals surface area contributed by atoms with Crippen molar-refractivity contribution in [2.45, 2.75) is 34.4 Å². The Labute approximate surface area is 349 Å². The van der Waals surface area contributed by atoms with Crippen molar-refractivity contribution in [3.05, 3.63) is 145 Å². The Hall–Kier alpha value is -5.83. The number of alkyl halides is 1. The van der Waals surface area contributed by atoms with Gasteiger partial charge in [-0.25, -0.2) is 13.8 Å². The maximum Gasteiger partial charge on any atom is 0.272 e. The summed E-state index contributed by atoms with van der Waals surface area (Å²) in [5.41, 5.74) is 11.2. The normalized spacial score (nSPS) is 10.3. The minimum absolute atomic E-state index is 0. The van der Waals surface area contributed by atoms with E-state index in [0.29, 0.717) is 43.5 Å². The molecule has 1 aromatic carbocycles. The number of halogens is 6. The van der Waals surface area contributed by atoms with Gasteiger partial charge in [0, 0.05) is 51.4 Å². The third-order valence-electron chi connectivity index (χ3n) is 7.72. The molecule has 0 saturated carbocycles. The molecular weight excluding hydrogens is 893 g/mol. The Kier molecular flexibility index (Phi) is 16.5. The first-order chi connectivity index (χ1) is 27.3. The molecule has 0 fully saturated rings. The van der Waals surface area contributed by atoms with Crippen molar-refractivity contribution in [2.75, 3.05) is 12.9 Å². The summed E-state index contributed by atoms with van der Waals surface area (Å²) in [6.07, 6.45) is 10.1. The molecule has 18 heteroatoms. The van der Waals surface area contributed by atoms with Crippen molar-refractivity contribution in [1.82, 2.24) is 40.0 Å². The highest BCUT2D eigenvalue weighted by Crippen LogP contribution is 2.25. The first-order valence-corrected chi connectivity index (χ1v) is 17.9. The average molecular weight is 928 g/mol. The molecule has 0 radical (unpaired) electrons. The van der Waals surface area contributed by atoms with E-state index in [4.69, 9.17) is 18.7 Å². The summed E-state index contributed by atoms with van der Waals surface area (Å²) < 4.78 is 42.8. The number of aldehydes is 1. The molecule has 0 saturated heterocycles. The number of hydrogen-bond acceptors (Lipinski definition) is 10. The average Bonchev–Trinajstić information content (AvgIpc) is 3.53. The van der Waals surface area contributed by atoms with Crippen molar-refractivity contribution in [1.29, 1.82) is 5.26 Å². The number of fused-ring (bicyclic) bond motifs is 2. The van der Waals surface area contributed by atoms with Crippen LogP contribution in [0, 0.1) is 36.8 Å². The molecule has 1 amide bonds. The molecule has 7 aromatic rings. The zero-order valence-electron chi connectivity index (χ0n) is 30.4. The molecule has 0 unspecified atom stereocenters. The van der Waals surface area contributed by atoms with E-state index in [1.807, 2.05) is 38.1 Å². The molecule has 57 heavy (non-hydrogen) atoms. The maximum absolute atomic E-state index is 13.3. The second-order valence-electron chi connectivity index (χ2n) is 11.4. The van der Waals surface area contributed by atoms with Gasteiger partial charge in [0.15, 0.2) is 17.8 Å². The lowest BCUT2D eigenvalue weighted by Crippen LogP contribution is -2.25. The molecular formula is C39H34Br2ClF3N10O2. The first-order valence-electron chi connectivity index (χ1n) is 16.7. The maximum atomic E-state index is 13.3. The molecule has 6 aromatic heterocycles. The Morgan fingerprint density at radius 3 is 2.39 bits per heavy atom. The summed E-state index contributed by atoms with van der Waals surface area (Å²) in [6.45, 7) is 4.38. The van der Waals surface area contributed by atoms with Crippen LogP contribution < -0.4 is 11.1 Å². The molecule has 0 aliphatic rings. The highest BCUT2D eigenvalue weighted by atomic mass is 79.9. The number of carbonyl (C=O) groups is 2. The molecule has 3 N–H and O–H groups in total. The van der Waals surface area contributed by atoms with Gasteiger partial charge in [0.25, 0.3) is 5.91 Å². The van der Waals surface area contributed by atoms with Crippen LogP contribution in [0.25, 0.3) is 21.8 Å². The Morgan fingerprint density at radius 1 is 1.05 bits per heavy atom. The fourth-order valence-corrected chi connectivity index (χ4v) is 6.14. The lowest BCUT2D eigenvalue weighted by Gasteiger charge is -2.11. The molecule has 294 valence electrons. The minimum atomic E-state index is -1.00. The lowest BCUT2D eigenvalue weighted by molar-refractivity contribution is 0.0946. The van der Waals surface area contributed by atoms with Gasteiger partial charge in [-0.1, -0.05) is 25.1 Å². The number of amides is 1. The molecule has 0 bridgehead atoms. The van der Waals surface area contributed by atoms with Crippen LogP contribution in [-0.2, 0) is 13.1 Å². The van der Waals surface area contributed by atoms with Crippen LogP contribution in [0.3, 0.4) is 0 Å². The molecule has 0 spiro atoms. The van der Waals surface area contributed by atoms with Gasteiger partial charge in [-0.15, -0.1) is 0 Å². The van der Waals surface area contributed by atoms with Crippen LogP contribution >= 0.6 is 43.5 Å². The van der Waals surface area contributed by atoms with E-state index in [2.05, 4.69) is 73.3 Å². The molecule has 12 nitrogen and oxygen atoms in total. The Morgan fingerprint density at radius 2 is 1.77 bits per heavy atom. The van der Waals surface area contributed by atoms with Crippen molar-refractivity contribution in [3.8, 4) is 6.07 Å². The largest absolute Gasteiger partial charge is 0.384 e. The summed E-state index contributed by atoms with van der Waals surface area (Å²) >= 11 is 12.1. The number of nitrogen functional groups attached to an aromatic ring is 1. The molecule has 0 atom stereocenters. The van der Waals surface area contributed by atoms with Crippen LogP contribution in [0.2, 0.25) is 5.02 Å². The number of benzene rings is 1. The summed E-state index contributed by atoms with van der Waals surface area (Å²) in [7, 11) is -1.00. The number of nitriles is 1. The van der Waals surface area contributed by atoms with Gasteiger partial charge in [-0.2, -0.15) is 10.4 Å². The number of nitrogens with zero attached hydrogens (tertiary/aromatic N) is 8. The number of carbonyl (C=O) groups excluding carboxylic acids is 2. The highest BCUT2D eigenvalue weighted by Gasteiger charge is 2.21. The number of aryl methyl sites for hydroxylation is 2. The summed E-state index contributed by atoms with van der Waals surface area (Å²) in [4.78, 5) is 43.3. The van der Waals surface area contributed by atoms with E-state index in [-0.39, 0.29) is 36.6 Å². The highest BCUT2D eigenvalue weighted by molar-refractivity contribution is 9.10.